The summed E-state index contributed by atoms with van der Waals surface area (Å²) in [6, 6.07) is 21.1. The van der Waals surface area contributed by atoms with Gasteiger partial charge >= 0.3 is 0 Å². The fraction of sp³-hybridized carbons (Fsp3) is 0.355. The van der Waals surface area contributed by atoms with Crippen molar-refractivity contribution >= 4 is 40.7 Å². The van der Waals surface area contributed by atoms with Crippen molar-refractivity contribution in [2.75, 3.05) is 72.5 Å². The molecule has 0 radical (unpaired) electrons. The summed E-state index contributed by atoms with van der Waals surface area (Å²) in [4.78, 5) is 33.6. The van der Waals surface area contributed by atoms with Crippen LogP contribution in [0.3, 0.4) is 0 Å². The van der Waals surface area contributed by atoms with E-state index in [4.69, 9.17) is 27.9 Å². The van der Waals surface area contributed by atoms with E-state index >= 15 is 0 Å². The lowest BCUT2D eigenvalue weighted by atomic mass is 9.98. The molecule has 1 heterocycles. The molecule has 0 aliphatic carbocycles. The Labute approximate surface area is 246 Å². The van der Waals surface area contributed by atoms with Gasteiger partial charge in [-0.2, -0.15) is 0 Å². The number of halogens is 2. The van der Waals surface area contributed by atoms with E-state index in [2.05, 4.69) is 29.2 Å². The lowest BCUT2D eigenvalue weighted by molar-refractivity contribution is -0.131. The molecular weight excluding hydrogens is 547 g/mol. The second-order valence-corrected chi connectivity index (χ2v) is 11.1. The van der Waals surface area contributed by atoms with Crippen molar-refractivity contribution < 1.29 is 14.3 Å². The molecule has 3 aromatic rings. The predicted octanol–water partition coefficient (Wildman–Crippen LogP) is 5.33. The number of hydrogen-bond donors (Lipinski definition) is 0. The lowest BCUT2D eigenvalue weighted by Gasteiger charge is -2.36. The molecule has 1 atom stereocenters. The summed E-state index contributed by atoms with van der Waals surface area (Å²) in [5.74, 6) is -0.0409. The first-order valence-electron chi connectivity index (χ1n) is 13.3. The maximum Gasteiger partial charge on any atom is 0.253 e. The summed E-state index contributed by atoms with van der Waals surface area (Å²) in [6.45, 7) is 3.92. The first-order valence-corrected chi connectivity index (χ1v) is 14.0. The third-order valence-electron chi connectivity index (χ3n) is 7.26. The monoisotopic (exact) mass is 582 g/mol. The molecule has 9 heteroatoms. The van der Waals surface area contributed by atoms with E-state index in [1.165, 1.54) is 0 Å². The predicted molar refractivity (Wildman–Crippen MR) is 162 cm³/mol. The zero-order valence-corrected chi connectivity index (χ0v) is 25.0. The molecule has 1 aliphatic heterocycles. The molecule has 0 spiro atoms. The Bertz CT molecular complexity index is 1330. The standard InChI is InChI=1S/C31H36Cl2N4O3/c1-34(2)31(39)25-7-5-6-24(18-25)22-8-10-23(11-9-22)29(20-37-14-16-40-17-15-37)36(4)30(38)21-35(3)26-12-13-27(32)28(33)19-26/h5-13,18-19,29H,14-17,20-21H2,1-4H3. The minimum absolute atomic E-state index is 0.00851. The van der Waals surface area contributed by atoms with Crippen LogP contribution in [0.2, 0.25) is 10.0 Å². The van der Waals surface area contributed by atoms with Gasteiger partial charge in [0.1, 0.15) is 0 Å². The Morgan fingerprint density at radius 3 is 2.23 bits per heavy atom. The Balaban J connectivity index is 1.55. The molecule has 0 aromatic heterocycles. The first-order chi connectivity index (χ1) is 19.1. The third-order valence-corrected chi connectivity index (χ3v) is 8.00. The highest BCUT2D eigenvalue weighted by Gasteiger charge is 2.26. The average Bonchev–Trinajstić information content (AvgIpc) is 2.97. The summed E-state index contributed by atoms with van der Waals surface area (Å²) < 4.78 is 5.54. The zero-order valence-electron chi connectivity index (χ0n) is 23.4. The van der Waals surface area contributed by atoms with E-state index in [0.29, 0.717) is 35.4 Å². The summed E-state index contributed by atoms with van der Waals surface area (Å²) in [7, 11) is 7.23. The van der Waals surface area contributed by atoms with Crippen LogP contribution in [0.5, 0.6) is 0 Å². The smallest absolute Gasteiger partial charge is 0.253 e. The number of nitrogens with zero attached hydrogens (tertiary/aromatic N) is 4. The highest BCUT2D eigenvalue weighted by atomic mass is 35.5. The van der Waals surface area contributed by atoms with Crippen molar-refractivity contribution in [3.05, 3.63) is 87.9 Å². The van der Waals surface area contributed by atoms with Gasteiger partial charge in [-0.15, -0.1) is 0 Å². The van der Waals surface area contributed by atoms with E-state index in [1.54, 1.807) is 31.1 Å². The summed E-state index contributed by atoms with van der Waals surface area (Å²) in [5.41, 5.74) is 4.49. The summed E-state index contributed by atoms with van der Waals surface area (Å²) in [6.07, 6.45) is 0. The van der Waals surface area contributed by atoms with Crippen LogP contribution in [0.25, 0.3) is 11.1 Å². The number of morpholine rings is 1. The number of ether oxygens (including phenoxy) is 1. The normalized spacial score (nSPS) is 14.4. The molecule has 0 bridgehead atoms. The van der Waals surface area contributed by atoms with Gasteiger partial charge in [0.25, 0.3) is 5.91 Å². The van der Waals surface area contributed by atoms with Crippen molar-refractivity contribution in [3.63, 3.8) is 0 Å². The van der Waals surface area contributed by atoms with E-state index in [-0.39, 0.29) is 24.4 Å². The molecule has 1 saturated heterocycles. The largest absolute Gasteiger partial charge is 0.379 e. The highest BCUT2D eigenvalue weighted by molar-refractivity contribution is 6.42. The molecule has 7 nitrogen and oxygen atoms in total. The minimum atomic E-state index is -0.150. The maximum absolute atomic E-state index is 13.5. The van der Waals surface area contributed by atoms with Crippen LogP contribution < -0.4 is 4.90 Å². The van der Waals surface area contributed by atoms with Crippen LogP contribution in [0.4, 0.5) is 5.69 Å². The molecular formula is C31H36Cl2N4O3. The van der Waals surface area contributed by atoms with Crippen molar-refractivity contribution in [2.24, 2.45) is 0 Å². The number of carbonyl (C=O) groups is 2. The van der Waals surface area contributed by atoms with E-state index < -0.39 is 0 Å². The fourth-order valence-corrected chi connectivity index (χ4v) is 5.06. The van der Waals surface area contributed by atoms with E-state index in [0.717, 1.165) is 35.5 Å². The molecule has 4 rings (SSSR count). The van der Waals surface area contributed by atoms with Crippen LogP contribution in [-0.4, -0.2) is 94.1 Å². The van der Waals surface area contributed by atoms with Crippen LogP contribution in [0, 0.1) is 0 Å². The minimum Gasteiger partial charge on any atom is -0.379 e. The fourth-order valence-electron chi connectivity index (χ4n) is 4.77. The SMILES string of the molecule is CN(C)C(=O)c1cccc(-c2ccc(C(CN3CCOCC3)N(C)C(=O)CN(C)c3ccc(Cl)c(Cl)c3)cc2)c1. The van der Waals surface area contributed by atoms with Crippen LogP contribution in [0.1, 0.15) is 22.0 Å². The summed E-state index contributed by atoms with van der Waals surface area (Å²) in [5, 5.41) is 0.932. The third kappa shape index (κ3) is 7.34. The summed E-state index contributed by atoms with van der Waals surface area (Å²) >= 11 is 12.3. The zero-order chi connectivity index (χ0) is 28.8. The molecule has 1 fully saturated rings. The molecule has 3 aromatic carbocycles. The van der Waals surface area contributed by atoms with Gasteiger partial charge in [0.2, 0.25) is 5.91 Å². The van der Waals surface area contributed by atoms with Crippen molar-refractivity contribution in [1.29, 1.82) is 0 Å². The number of benzene rings is 3. The van der Waals surface area contributed by atoms with E-state index in [1.807, 2.05) is 54.2 Å². The van der Waals surface area contributed by atoms with Gasteiger partial charge in [-0.3, -0.25) is 14.5 Å². The second-order valence-electron chi connectivity index (χ2n) is 10.3. The quantitative estimate of drug-likeness (QED) is 0.341. The molecule has 0 N–H and O–H groups in total. The number of rotatable bonds is 9. The average molecular weight is 584 g/mol. The molecule has 1 aliphatic rings. The molecule has 0 saturated carbocycles. The molecule has 212 valence electrons. The number of anilines is 1. The van der Waals surface area contributed by atoms with Gasteiger partial charge in [0.15, 0.2) is 0 Å². The van der Waals surface area contributed by atoms with Gasteiger partial charge in [-0.1, -0.05) is 59.6 Å². The van der Waals surface area contributed by atoms with Crippen LogP contribution >= 0.6 is 23.2 Å². The van der Waals surface area contributed by atoms with Crippen molar-refractivity contribution in [2.45, 2.75) is 6.04 Å². The Morgan fingerprint density at radius 2 is 1.57 bits per heavy atom. The maximum atomic E-state index is 13.5. The van der Waals surface area contributed by atoms with Gasteiger partial charge in [0.05, 0.1) is 35.8 Å². The van der Waals surface area contributed by atoms with Crippen molar-refractivity contribution in [3.8, 4) is 11.1 Å². The van der Waals surface area contributed by atoms with Gasteiger partial charge < -0.3 is 19.4 Å². The topological polar surface area (TPSA) is 56.3 Å². The highest BCUT2D eigenvalue weighted by Crippen LogP contribution is 2.29. The number of amides is 2. The Hall–Kier alpha value is -3.10. The van der Waals surface area contributed by atoms with Gasteiger partial charge in [-0.05, 0) is 47.0 Å². The Morgan fingerprint density at radius 1 is 0.875 bits per heavy atom. The van der Waals surface area contributed by atoms with Crippen molar-refractivity contribution in [1.82, 2.24) is 14.7 Å². The Kier molecular flexibility index (Phi) is 10.1. The van der Waals surface area contributed by atoms with Crippen LogP contribution in [0.15, 0.2) is 66.7 Å². The van der Waals surface area contributed by atoms with Crippen LogP contribution in [-0.2, 0) is 9.53 Å². The second kappa shape index (κ2) is 13.5. The molecule has 40 heavy (non-hydrogen) atoms. The van der Waals surface area contributed by atoms with Gasteiger partial charge in [-0.25, -0.2) is 0 Å². The lowest BCUT2D eigenvalue weighted by Crippen LogP contribution is -2.45. The number of likely N-dealkylation sites (N-methyl/N-ethyl adjacent to an activating group) is 2. The number of hydrogen-bond acceptors (Lipinski definition) is 5. The molecule has 1 unspecified atom stereocenters. The first kappa shape index (κ1) is 29.9. The molecule has 2 amide bonds. The van der Waals surface area contributed by atoms with E-state index in [9.17, 15) is 9.59 Å². The number of carbonyl (C=O) groups excluding carboxylic acids is 2. The van der Waals surface area contributed by atoms with Gasteiger partial charge in [0, 0.05) is 59.1 Å².